The zero-order valence-corrected chi connectivity index (χ0v) is 12.7. The maximum absolute atomic E-state index is 6.42. The van der Waals surface area contributed by atoms with Crippen molar-refractivity contribution in [1.82, 2.24) is 0 Å². The van der Waals surface area contributed by atoms with Crippen LogP contribution >= 0.6 is 23.4 Å². The molecule has 2 nitrogen and oxygen atoms in total. The third kappa shape index (κ3) is 2.56. The number of fused-ring (bicyclic) bond motifs is 1. The number of nitrogens with one attached hydrogen (secondary N) is 1. The summed E-state index contributed by atoms with van der Waals surface area (Å²) < 4.78 is 0. The van der Waals surface area contributed by atoms with Crippen molar-refractivity contribution in [3.63, 3.8) is 0 Å². The van der Waals surface area contributed by atoms with Gasteiger partial charge in [0.05, 0.1) is 5.25 Å². The van der Waals surface area contributed by atoms with E-state index in [1.807, 2.05) is 25.1 Å². The van der Waals surface area contributed by atoms with Gasteiger partial charge in [-0.25, -0.2) is 0 Å². The van der Waals surface area contributed by atoms with Gasteiger partial charge in [0.1, 0.15) is 0 Å². The molecule has 0 amide bonds. The number of aliphatic imine (C=N–C) groups is 1. The van der Waals surface area contributed by atoms with E-state index < -0.39 is 0 Å². The summed E-state index contributed by atoms with van der Waals surface area (Å²) in [6.45, 7) is 2.81. The predicted molar refractivity (Wildman–Crippen MR) is 88.9 cm³/mol. The Morgan fingerprint density at radius 2 is 1.95 bits per heavy atom. The fraction of sp³-hybridized carbons (Fsp3) is 0.188. The van der Waals surface area contributed by atoms with Crippen LogP contribution in [0.1, 0.15) is 23.3 Å². The second-order valence-electron chi connectivity index (χ2n) is 4.51. The van der Waals surface area contributed by atoms with E-state index in [9.17, 15) is 0 Å². The molecule has 0 aliphatic carbocycles. The lowest BCUT2D eigenvalue weighted by molar-refractivity contribution is 1.12. The topological polar surface area (TPSA) is 24.4 Å². The molecule has 1 aliphatic rings. The number of halogens is 1. The van der Waals surface area contributed by atoms with Gasteiger partial charge in [-0.15, -0.1) is 0 Å². The molecule has 1 unspecified atom stereocenters. The van der Waals surface area contributed by atoms with Crippen molar-refractivity contribution in [2.75, 3.05) is 11.9 Å². The normalized spacial score (nSPS) is 19.5. The molecule has 3 rings (SSSR count). The minimum absolute atomic E-state index is 0.187. The molecule has 0 saturated heterocycles. The molecular formula is C16H15ClN2S. The Labute approximate surface area is 128 Å². The first kappa shape index (κ1) is 13.5. The van der Waals surface area contributed by atoms with Crippen molar-refractivity contribution >= 4 is 34.2 Å². The molecule has 0 aromatic heterocycles. The van der Waals surface area contributed by atoms with Crippen LogP contribution in [0.5, 0.6) is 0 Å². The largest absolute Gasteiger partial charge is 0.335 e. The van der Waals surface area contributed by atoms with Crippen LogP contribution in [0.2, 0.25) is 5.02 Å². The van der Waals surface area contributed by atoms with Crippen molar-refractivity contribution in [1.29, 1.82) is 0 Å². The van der Waals surface area contributed by atoms with Crippen molar-refractivity contribution in [3.8, 4) is 0 Å². The Morgan fingerprint density at radius 3 is 2.70 bits per heavy atom. The molecule has 1 atom stereocenters. The summed E-state index contributed by atoms with van der Waals surface area (Å²) >= 11 is 8.14. The highest BCUT2D eigenvalue weighted by Gasteiger charge is 2.27. The van der Waals surface area contributed by atoms with E-state index >= 15 is 0 Å². The third-order valence-electron chi connectivity index (χ3n) is 3.19. The molecule has 1 aliphatic heterocycles. The third-order valence-corrected chi connectivity index (χ3v) is 4.72. The lowest BCUT2D eigenvalue weighted by Gasteiger charge is -2.28. The molecule has 0 radical (unpaired) electrons. The summed E-state index contributed by atoms with van der Waals surface area (Å²) in [5, 5.41) is 5.31. The first-order valence-corrected chi connectivity index (χ1v) is 7.87. The van der Waals surface area contributed by atoms with Crippen LogP contribution in [0.25, 0.3) is 0 Å². The summed E-state index contributed by atoms with van der Waals surface area (Å²) in [5.41, 5.74) is 3.44. The number of amidine groups is 1. The fourth-order valence-corrected chi connectivity index (χ4v) is 3.92. The van der Waals surface area contributed by atoms with Crippen LogP contribution in [0.3, 0.4) is 0 Å². The number of benzene rings is 2. The van der Waals surface area contributed by atoms with Crippen molar-refractivity contribution in [2.24, 2.45) is 4.99 Å². The molecule has 0 bridgehead atoms. The number of thioether (sulfide) groups is 1. The molecule has 0 spiro atoms. The Hall–Kier alpha value is -1.45. The molecule has 2 aromatic carbocycles. The van der Waals surface area contributed by atoms with Gasteiger partial charge in [0.15, 0.2) is 5.17 Å². The smallest absolute Gasteiger partial charge is 0.161 e. The van der Waals surface area contributed by atoms with Crippen LogP contribution in [0, 0.1) is 0 Å². The maximum Gasteiger partial charge on any atom is 0.161 e. The Kier molecular flexibility index (Phi) is 3.99. The number of hydrogen-bond acceptors (Lipinski definition) is 2. The van der Waals surface area contributed by atoms with Gasteiger partial charge in [0, 0.05) is 22.8 Å². The lowest BCUT2D eigenvalue weighted by Crippen LogP contribution is -2.19. The van der Waals surface area contributed by atoms with Crippen LogP contribution in [0.15, 0.2) is 53.5 Å². The van der Waals surface area contributed by atoms with Crippen molar-refractivity contribution in [3.05, 3.63) is 64.7 Å². The molecule has 0 saturated carbocycles. The average Bonchev–Trinajstić information content (AvgIpc) is 2.48. The summed E-state index contributed by atoms with van der Waals surface area (Å²) in [5.74, 6) is 0. The molecule has 0 fully saturated rings. The molecule has 4 heteroatoms. The molecule has 2 aromatic rings. The van der Waals surface area contributed by atoms with Crippen LogP contribution < -0.4 is 5.32 Å². The molecule has 1 N–H and O–H groups in total. The van der Waals surface area contributed by atoms with E-state index in [-0.39, 0.29) is 5.25 Å². The van der Waals surface area contributed by atoms with E-state index in [4.69, 9.17) is 11.6 Å². The maximum atomic E-state index is 6.42. The fourth-order valence-electron chi connectivity index (χ4n) is 2.31. The van der Waals surface area contributed by atoms with E-state index in [0.717, 1.165) is 28.0 Å². The Morgan fingerprint density at radius 1 is 1.15 bits per heavy atom. The van der Waals surface area contributed by atoms with Gasteiger partial charge in [-0.05, 0) is 24.6 Å². The summed E-state index contributed by atoms with van der Waals surface area (Å²) in [4.78, 5) is 4.51. The minimum atomic E-state index is 0.187. The standard InChI is InChI=1S/C16H15ClN2S/c1-2-18-16-19-13-10-6-9-12(17)14(13)15(20-16)11-7-4-3-5-8-11/h3-10,15H,2H2,1H3,(H,18,19). The number of nitrogens with zero attached hydrogens (tertiary/aromatic N) is 1. The van der Waals surface area contributed by atoms with Gasteiger partial charge >= 0.3 is 0 Å². The Balaban J connectivity index is 2.12. The number of rotatable bonds is 2. The zero-order chi connectivity index (χ0) is 13.9. The number of hydrogen-bond donors (Lipinski definition) is 1. The summed E-state index contributed by atoms with van der Waals surface area (Å²) in [6.07, 6.45) is 0. The lowest BCUT2D eigenvalue weighted by atomic mass is 10.0. The van der Waals surface area contributed by atoms with E-state index in [1.165, 1.54) is 5.56 Å². The first-order chi connectivity index (χ1) is 9.79. The quantitative estimate of drug-likeness (QED) is 0.847. The highest BCUT2D eigenvalue weighted by atomic mass is 35.5. The monoisotopic (exact) mass is 302 g/mol. The predicted octanol–water partition coefficient (Wildman–Crippen LogP) is 4.96. The van der Waals surface area contributed by atoms with Gasteiger partial charge in [0.2, 0.25) is 0 Å². The first-order valence-electron chi connectivity index (χ1n) is 6.61. The van der Waals surface area contributed by atoms with Gasteiger partial charge in [0.25, 0.3) is 0 Å². The second kappa shape index (κ2) is 5.90. The highest BCUT2D eigenvalue weighted by molar-refractivity contribution is 8.14. The van der Waals surface area contributed by atoms with Crippen molar-refractivity contribution in [2.45, 2.75) is 12.2 Å². The van der Waals surface area contributed by atoms with E-state index in [1.54, 1.807) is 11.8 Å². The van der Waals surface area contributed by atoms with Gasteiger partial charge in [-0.3, -0.25) is 4.99 Å². The SMILES string of the molecule is CCN=C1Nc2cccc(Cl)c2C(c2ccccc2)S1. The Bertz CT molecular complexity index is 640. The van der Waals surface area contributed by atoms with E-state index in [2.05, 4.69) is 40.6 Å². The molecule has 102 valence electrons. The van der Waals surface area contributed by atoms with Gasteiger partial charge in [-0.1, -0.05) is 59.8 Å². The van der Waals surface area contributed by atoms with E-state index in [0.29, 0.717) is 0 Å². The molecule has 1 heterocycles. The van der Waals surface area contributed by atoms with Crippen LogP contribution in [0.4, 0.5) is 5.69 Å². The second-order valence-corrected chi connectivity index (χ2v) is 6.02. The summed E-state index contributed by atoms with van der Waals surface area (Å²) in [7, 11) is 0. The average molecular weight is 303 g/mol. The number of anilines is 1. The zero-order valence-electron chi connectivity index (χ0n) is 11.1. The van der Waals surface area contributed by atoms with Crippen LogP contribution in [-0.4, -0.2) is 11.7 Å². The van der Waals surface area contributed by atoms with Gasteiger partial charge < -0.3 is 5.32 Å². The molecular weight excluding hydrogens is 288 g/mol. The summed E-state index contributed by atoms with van der Waals surface area (Å²) in [6, 6.07) is 16.4. The minimum Gasteiger partial charge on any atom is -0.335 e. The molecule has 20 heavy (non-hydrogen) atoms. The van der Waals surface area contributed by atoms with Crippen molar-refractivity contribution < 1.29 is 0 Å². The van der Waals surface area contributed by atoms with Gasteiger partial charge in [-0.2, -0.15) is 0 Å². The van der Waals surface area contributed by atoms with Crippen LogP contribution in [-0.2, 0) is 0 Å². The highest BCUT2D eigenvalue weighted by Crippen LogP contribution is 2.46.